The second-order valence-corrected chi connectivity index (χ2v) is 2.31. The minimum absolute atomic E-state index is 0.622. The lowest BCUT2D eigenvalue weighted by molar-refractivity contribution is 0.889. The van der Waals surface area contributed by atoms with Crippen LogP contribution in [0.1, 0.15) is 11.5 Å². The molecule has 2 rings (SSSR count). The summed E-state index contributed by atoms with van der Waals surface area (Å²) in [6, 6.07) is 1.78. The molecule has 0 amide bonds. The predicted octanol–water partition coefficient (Wildman–Crippen LogP) is 0.185. The first kappa shape index (κ1) is 6.90. The fourth-order valence-corrected chi connectivity index (χ4v) is 0.895. The molecule has 2 aromatic heterocycles. The first-order valence-electron chi connectivity index (χ1n) is 3.56. The van der Waals surface area contributed by atoms with Crippen LogP contribution >= 0.6 is 0 Å². The average Bonchev–Trinajstić information content (AvgIpc) is 2.59. The van der Waals surface area contributed by atoms with Crippen molar-refractivity contribution in [1.29, 1.82) is 0 Å². The summed E-state index contributed by atoms with van der Waals surface area (Å²) < 4.78 is 0. The van der Waals surface area contributed by atoms with Crippen molar-refractivity contribution in [3.8, 4) is 0 Å². The van der Waals surface area contributed by atoms with Gasteiger partial charge in [0.05, 0.1) is 12.1 Å². The SMILES string of the molecule is c1cnc(Cc2c[nH]nn2)nc1. The molecule has 0 fully saturated rings. The van der Waals surface area contributed by atoms with E-state index in [1.807, 2.05) is 0 Å². The summed E-state index contributed by atoms with van der Waals surface area (Å²) in [4.78, 5) is 8.12. The molecule has 0 bridgehead atoms. The maximum Gasteiger partial charge on any atom is 0.134 e. The fourth-order valence-electron chi connectivity index (χ4n) is 0.895. The van der Waals surface area contributed by atoms with Gasteiger partial charge < -0.3 is 0 Å². The largest absolute Gasteiger partial charge is 0.265 e. The van der Waals surface area contributed by atoms with Gasteiger partial charge in [-0.2, -0.15) is 0 Å². The number of aromatic amines is 1. The summed E-state index contributed by atoms with van der Waals surface area (Å²) in [5.41, 5.74) is 0.848. The molecule has 2 aromatic rings. The van der Waals surface area contributed by atoms with Crippen LogP contribution in [0, 0.1) is 0 Å². The molecule has 0 spiro atoms. The Hall–Kier alpha value is -1.78. The molecule has 1 N–H and O–H groups in total. The van der Waals surface area contributed by atoms with E-state index in [9.17, 15) is 0 Å². The number of hydrogen-bond acceptors (Lipinski definition) is 4. The van der Waals surface area contributed by atoms with E-state index in [2.05, 4.69) is 25.4 Å². The van der Waals surface area contributed by atoms with E-state index < -0.39 is 0 Å². The summed E-state index contributed by atoms with van der Waals surface area (Å²) >= 11 is 0. The van der Waals surface area contributed by atoms with Crippen LogP contribution in [0.15, 0.2) is 24.7 Å². The normalized spacial score (nSPS) is 10.0. The summed E-state index contributed by atoms with van der Waals surface area (Å²) in [6.45, 7) is 0. The molecule has 0 aromatic carbocycles. The number of nitrogens with zero attached hydrogens (tertiary/aromatic N) is 4. The van der Waals surface area contributed by atoms with Gasteiger partial charge in [-0.1, -0.05) is 5.21 Å². The minimum atomic E-state index is 0.622. The molecule has 0 radical (unpaired) electrons. The topological polar surface area (TPSA) is 67.3 Å². The third-order valence-corrected chi connectivity index (χ3v) is 1.43. The van der Waals surface area contributed by atoms with Crippen LogP contribution in [0.5, 0.6) is 0 Å². The highest BCUT2D eigenvalue weighted by Gasteiger charge is 1.99. The lowest BCUT2D eigenvalue weighted by Gasteiger charge is -1.92. The van der Waals surface area contributed by atoms with Crippen LogP contribution in [0.3, 0.4) is 0 Å². The monoisotopic (exact) mass is 161 g/mol. The molecule has 5 heteroatoms. The van der Waals surface area contributed by atoms with Crippen molar-refractivity contribution in [3.05, 3.63) is 36.2 Å². The van der Waals surface area contributed by atoms with Gasteiger partial charge in [-0.05, 0) is 6.07 Å². The molecular weight excluding hydrogens is 154 g/mol. The van der Waals surface area contributed by atoms with E-state index in [-0.39, 0.29) is 0 Å². The third-order valence-electron chi connectivity index (χ3n) is 1.43. The maximum absolute atomic E-state index is 4.06. The molecule has 2 heterocycles. The standard InChI is InChI=1S/C7H7N5/c1-2-8-7(9-3-1)4-6-5-10-12-11-6/h1-3,5H,4H2,(H,10,11,12). The lowest BCUT2D eigenvalue weighted by atomic mass is 10.3. The van der Waals surface area contributed by atoms with E-state index in [0.29, 0.717) is 6.42 Å². The van der Waals surface area contributed by atoms with Gasteiger partial charge in [0.2, 0.25) is 0 Å². The Morgan fingerprint density at radius 3 is 2.75 bits per heavy atom. The molecule has 5 nitrogen and oxygen atoms in total. The zero-order valence-electron chi connectivity index (χ0n) is 6.31. The van der Waals surface area contributed by atoms with Gasteiger partial charge in [0.15, 0.2) is 0 Å². The second kappa shape index (κ2) is 3.08. The van der Waals surface area contributed by atoms with Gasteiger partial charge in [-0.15, -0.1) is 5.10 Å². The maximum atomic E-state index is 4.06. The van der Waals surface area contributed by atoms with Crippen molar-refractivity contribution in [2.24, 2.45) is 0 Å². The van der Waals surface area contributed by atoms with Crippen LogP contribution in [0.4, 0.5) is 0 Å². The molecule has 0 aliphatic rings. The van der Waals surface area contributed by atoms with E-state index in [1.165, 1.54) is 0 Å². The van der Waals surface area contributed by atoms with Gasteiger partial charge >= 0.3 is 0 Å². The molecule has 0 saturated heterocycles. The van der Waals surface area contributed by atoms with Crippen molar-refractivity contribution in [3.63, 3.8) is 0 Å². The van der Waals surface area contributed by atoms with Gasteiger partial charge in [0.1, 0.15) is 5.82 Å². The molecule has 0 unspecified atom stereocenters. The van der Waals surface area contributed by atoms with Crippen molar-refractivity contribution in [2.75, 3.05) is 0 Å². The van der Waals surface area contributed by atoms with Crippen molar-refractivity contribution >= 4 is 0 Å². The summed E-state index contributed by atoms with van der Waals surface area (Å²) in [5.74, 6) is 0.756. The second-order valence-electron chi connectivity index (χ2n) is 2.31. The van der Waals surface area contributed by atoms with E-state index >= 15 is 0 Å². The van der Waals surface area contributed by atoms with Crippen LogP contribution in [-0.2, 0) is 6.42 Å². The van der Waals surface area contributed by atoms with Crippen molar-refractivity contribution in [2.45, 2.75) is 6.42 Å². The Labute approximate surface area is 68.9 Å². The molecule has 60 valence electrons. The lowest BCUT2D eigenvalue weighted by Crippen LogP contribution is -1.94. The molecule has 12 heavy (non-hydrogen) atoms. The average molecular weight is 161 g/mol. The minimum Gasteiger partial charge on any atom is -0.265 e. The van der Waals surface area contributed by atoms with Crippen LogP contribution in [0.25, 0.3) is 0 Å². The van der Waals surface area contributed by atoms with Gasteiger partial charge in [-0.3, -0.25) is 5.10 Å². The van der Waals surface area contributed by atoms with Gasteiger partial charge in [0.25, 0.3) is 0 Å². The summed E-state index contributed by atoms with van der Waals surface area (Å²) in [7, 11) is 0. The molecule has 0 aliphatic carbocycles. The summed E-state index contributed by atoms with van der Waals surface area (Å²) in [5, 5.41) is 10.0. The zero-order chi connectivity index (χ0) is 8.23. The number of rotatable bonds is 2. The first-order valence-corrected chi connectivity index (χ1v) is 3.56. The summed E-state index contributed by atoms with van der Waals surface area (Å²) in [6.07, 6.45) is 5.78. The Kier molecular flexibility index (Phi) is 1.77. The fraction of sp³-hybridized carbons (Fsp3) is 0.143. The highest BCUT2D eigenvalue weighted by Crippen LogP contribution is 1.97. The Balaban J connectivity index is 2.15. The number of hydrogen-bond donors (Lipinski definition) is 1. The number of nitrogens with one attached hydrogen (secondary N) is 1. The van der Waals surface area contributed by atoms with Crippen molar-refractivity contribution in [1.82, 2.24) is 25.4 Å². The van der Waals surface area contributed by atoms with Crippen molar-refractivity contribution < 1.29 is 0 Å². The smallest absolute Gasteiger partial charge is 0.134 e. The number of aromatic nitrogens is 5. The quantitative estimate of drug-likeness (QED) is 0.682. The zero-order valence-corrected chi connectivity index (χ0v) is 6.31. The molecule has 0 atom stereocenters. The van der Waals surface area contributed by atoms with E-state index in [4.69, 9.17) is 0 Å². The van der Waals surface area contributed by atoms with Crippen LogP contribution in [0.2, 0.25) is 0 Å². The van der Waals surface area contributed by atoms with E-state index in [0.717, 1.165) is 11.5 Å². The third kappa shape index (κ3) is 1.45. The predicted molar refractivity (Wildman–Crippen MR) is 41.2 cm³/mol. The molecule has 0 saturated carbocycles. The highest BCUT2D eigenvalue weighted by molar-refractivity contribution is 5.02. The van der Waals surface area contributed by atoms with E-state index in [1.54, 1.807) is 24.7 Å². The Morgan fingerprint density at radius 2 is 2.08 bits per heavy atom. The Bertz CT molecular complexity index is 328. The molecular formula is C7H7N5. The highest BCUT2D eigenvalue weighted by atomic mass is 15.3. The van der Waals surface area contributed by atoms with Crippen LogP contribution in [-0.4, -0.2) is 25.4 Å². The Morgan fingerprint density at radius 1 is 1.25 bits per heavy atom. The van der Waals surface area contributed by atoms with Gasteiger partial charge in [0, 0.05) is 18.6 Å². The number of H-pyrrole nitrogens is 1. The van der Waals surface area contributed by atoms with Crippen LogP contribution < -0.4 is 0 Å². The van der Waals surface area contributed by atoms with Gasteiger partial charge in [-0.25, -0.2) is 9.97 Å². The molecule has 0 aliphatic heterocycles. The first-order chi connectivity index (χ1) is 5.95.